The Balaban J connectivity index is 2.07. The molecule has 4 N–H and O–H groups in total. The number of benzene rings is 1. The topological polar surface area (TPSA) is 84.2 Å². The summed E-state index contributed by atoms with van der Waals surface area (Å²) in [5.74, 6) is -0.588. The fraction of sp³-hybridized carbons (Fsp3) is 0.273. The van der Waals surface area contributed by atoms with E-state index in [2.05, 4.69) is 10.6 Å². The second kappa shape index (κ2) is 4.73. The Hall–Kier alpha value is -1.59. The van der Waals surface area contributed by atoms with Crippen LogP contribution in [0.4, 0.5) is 0 Å². The number of hydrogen-bond acceptors (Lipinski definition) is 3. The molecular formula is C11H12ClN3O2. The van der Waals surface area contributed by atoms with Gasteiger partial charge in [-0.15, -0.1) is 0 Å². The number of rotatable bonds is 3. The lowest BCUT2D eigenvalue weighted by atomic mass is 9.99. The molecule has 17 heavy (non-hydrogen) atoms. The van der Waals surface area contributed by atoms with E-state index in [9.17, 15) is 9.59 Å². The molecule has 1 aromatic rings. The number of carbonyl (C=O) groups excluding carboxylic acids is 2. The molecule has 0 radical (unpaired) electrons. The van der Waals surface area contributed by atoms with E-state index in [-0.39, 0.29) is 17.9 Å². The highest BCUT2D eigenvalue weighted by Crippen LogP contribution is 2.15. The minimum atomic E-state index is -0.566. The number of hydrogen-bond donors (Lipinski definition) is 3. The van der Waals surface area contributed by atoms with Crippen LogP contribution in [0.1, 0.15) is 10.4 Å². The van der Waals surface area contributed by atoms with Crippen molar-refractivity contribution in [3.8, 4) is 0 Å². The molecule has 1 saturated heterocycles. The van der Waals surface area contributed by atoms with Crippen LogP contribution in [-0.2, 0) is 4.79 Å². The molecular weight excluding hydrogens is 242 g/mol. The van der Waals surface area contributed by atoms with Crippen LogP contribution >= 0.6 is 11.6 Å². The molecule has 1 aliphatic rings. The number of amides is 2. The molecule has 0 aromatic heterocycles. The molecule has 1 heterocycles. The molecule has 1 aliphatic heterocycles. The second-order valence-electron chi connectivity index (χ2n) is 3.78. The Bertz CT molecular complexity index is 464. The van der Waals surface area contributed by atoms with E-state index in [1.165, 1.54) is 0 Å². The standard InChI is InChI=1S/C11H12ClN3O2/c12-7-4-2-1-3-6(7)10(16)15-9-8(5-13)14-11(9)17/h1-4,8-9H,5,13H2,(H,14,17)(H,15,16)/t8-,9+/m0/s1. The molecule has 0 bridgehead atoms. The van der Waals surface area contributed by atoms with Crippen LogP contribution in [0.2, 0.25) is 5.02 Å². The Morgan fingerprint density at radius 2 is 2.18 bits per heavy atom. The van der Waals surface area contributed by atoms with Gasteiger partial charge in [0.05, 0.1) is 16.6 Å². The van der Waals surface area contributed by atoms with Crippen LogP contribution in [0.3, 0.4) is 0 Å². The van der Waals surface area contributed by atoms with Gasteiger partial charge in [-0.05, 0) is 12.1 Å². The van der Waals surface area contributed by atoms with Crippen molar-refractivity contribution < 1.29 is 9.59 Å². The average molecular weight is 254 g/mol. The summed E-state index contributed by atoms with van der Waals surface area (Å²) in [6.07, 6.45) is 0. The van der Waals surface area contributed by atoms with Gasteiger partial charge >= 0.3 is 0 Å². The highest BCUT2D eigenvalue weighted by molar-refractivity contribution is 6.33. The third-order valence-electron chi connectivity index (χ3n) is 2.67. The smallest absolute Gasteiger partial charge is 0.253 e. The monoisotopic (exact) mass is 253 g/mol. The van der Waals surface area contributed by atoms with Gasteiger partial charge in [0, 0.05) is 6.54 Å². The van der Waals surface area contributed by atoms with Crippen molar-refractivity contribution in [2.24, 2.45) is 5.73 Å². The first kappa shape index (κ1) is 11.9. The number of β-lactam (4-membered cyclic amide) rings is 1. The predicted molar refractivity (Wildman–Crippen MR) is 63.7 cm³/mol. The van der Waals surface area contributed by atoms with Gasteiger partial charge in [0.2, 0.25) is 5.91 Å². The fourth-order valence-electron chi connectivity index (χ4n) is 1.67. The van der Waals surface area contributed by atoms with Gasteiger partial charge in [0.15, 0.2) is 0 Å². The lowest BCUT2D eigenvalue weighted by molar-refractivity contribution is -0.131. The van der Waals surface area contributed by atoms with E-state index in [0.717, 1.165) is 0 Å². The third-order valence-corrected chi connectivity index (χ3v) is 3.00. The largest absolute Gasteiger partial charge is 0.348 e. The maximum Gasteiger partial charge on any atom is 0.253 e. The van der Waals surface area contributed by atoms with Crippen molar-refractivity contribution in [3.05, 3.63) is 34.9 Å². The minimum absolute atomic E-state index is 0.200. The van der Waals surface area contributed by atoms with E-state index in [1.54, 1.807) is 24.3 Å². The van der Waals surface area contributed by atoms with Crippen LogP contribution in [0.5, 0.6) is 0 Å². The molecule has 90 valence electrons. The maximum absolute atomic E-state index is 11.9. The molecule has 1 fully saturated rings. The molecule has 0 spiro atoms. The van der Waals surface area contributed by atoms with Crippen LogP contribution in [0, 0.1) is 0 Å². The number of carbonyl (C=O) groups is 2. The molecule has 2 atom stereocenters. The number of nitrogens with one attached hydrogen (secondary N) is 2. The van der Waals surface area contributed by atoms with Gasteiger partial charge in [0.1, 0.15) is 6.04 Å². The average Bonchev–Trinajstić information content (AvgIpc) is 2.33. The first-order valence-corrected chi connectivity index (χ1v) is 5.57. The van der Waals surface area contributed by atoms with Crippen molar-refractivity contribution in [2.45, 2.75) is 12.1 Å². The van der Waals surface area contributed by atoms with E-state index in [1.807, 2.05) is 0 Å². The van der Waals surface area contributed by atoms with E-state index in [4.69, 9.17) is 17.3 Å². The van der Waals surface area contributed by atoms with Crippen molar-refractivity contribution in [1.82, 2.24) is 10.6 Å². The summed E-state index contributed by atoms with van der Waals surface area (Å²) in [6.45, 7) is 0.291. The van der Waals surface area contributed by atoms with Gasteiger partial charge in [-0.2, -0.15) is 0 Å². The summed E-state index contributed by atoms with van der Waals surface area (Å²) in [6, 6.07) is 5.90. The Morgan fingerprint density at radius 1 is 1.47 bits per heavy atom. The first-order valence-electron chi connectivity index (χ1n) is 5.19. The molecule has 2 rings (SSSR count). The van der Waals surface area contributed by atoms with E-state index >= 15 is 0 Å². The molecule has 0 unspecified atom stereocenters. The first-order chi connectivity index (χ1) is 8.13. The van der Waals surface area contributed by atoms with Gasteiger partial charge in [-0.25, -0.2) is 0 Å². The quantitative estimate of drug-likeness (QED) is 0.658. The van der Waals surface area contributed by atoms with Gasteiger partial charge in [-0.1, -0.05) is 23.7 Å². The normalized spacial score (nSPS) is 22.6. The molecule has 6 heteroatoms. The number of nitrogens with two attached hydrogens (primary N) is 1. The number of halogens is 1. The summed E-state index contributed by atoms with van der Waals surface area (Å²) in [5, 5.41) is 5.57. The molecule has 2 amide bonds. The third kappa shape index (κ3) is 2.25. The summed E-state index contributed by atoms with van der Waals surface area (Å²) in [7, 11) is 0. The highest BCUT2D eigenvalue weighted by atomic mass is 35.5. The van der Waals surface area contributed by atoms with Crippen molar-refractivity contribution in [1.29, 1.82) is 0 Å². The lowest BCUT2D eigenvalue weighted by Gasteiger charge is -2.36. The summed E-state index contributed by atoms with van der Waals surface area (Å²) >= 11 is 5.88. The van der Waals surface area contributed by atoms with Crippen LogP contribution in [0.25, 0.3) is 0 Å². The highest BCUT2D eigenvalue weighted by Gasteiger charge is 2.39. The van der Waals surface area contributed by atoms with Crippen molar-refractivity contribution in [3.63, 3.8) is 0 Å². The van der Waals surface area contributed by atoms with E-state index < -0.39 is 6.04 Å². The summed E-state index contributed by atoms with van der Waals surface area (Å²) in [4.78, 5) is 23.1. The molecule has 0 saturated carbocycles. The summed E-state index contributed by atoms with van der Waals surface area (Å²) in [5.41, 5.74) is 5.79. The maximum atomic E-state index is 11.9. The Morgan fingerprint density at radius 3 is 2.76 bits per heavy atom. The second-order valence-corrected chi connectivity index (χ2v) is 4.19. The molecule has 1 aromatic carbocycles. The lowest BCUT2D eigenvalue weighted by Crippen LogP contribution is -2.71. The van der Waals surface area contributed by atoms with Crippen LogP contribution in [0.15, 0.2) is 24.3 Å². The minimum Gasteiger partial charge on any atom is -0.348 e. The van der Waals surface area contributed by atoms with Crippen molar-refractivity contribution >= 4 is 23.4 Å². The molecule has 5 nitrogen and oxygen atoms in total. The van der Waals surface area contributed by atoms with Crippen molar-refractivity contribution in [2.75, 3.05) is 6.54 Å². The zero-order valence-corrected chi connectivity index (χ0v) is 9.70. The van der Waals surface area contributed by atoms with Gasteiger partial charge in [-0.3, -0.25) is 9.59 Å². The SMILES string of the molecule is NC[C@@H]1NC(=O)[C@@H]1NC(=O)c1ccccc1Cl. The van der Waals surface area contributed by atoms with Crippen LogP contribution < -0.4 is 16.4 Å². The van der Waals surface area contributed by atoms with E-state index in [0.29, 0.717) is 17.1 Å². The predicted octanol–water partition coefficient (Wildman–Crippen LogP) is -0.104. The zero-order valence-electron chi connectivity index (χ0n) is 8.94. The van der Waals surface area contributed by atoms with Crippen LogP contribution in [-0.4, -0.2) is 30.4 Å². The summed E-state index contributed by atoms with van der Waals surface area (Å²) < 4.78 is 0. The van der Waals surface area contributed by atoms with Gasteiger partial charge < -0.3 is 16.4 Å². The van der Waals surface area contributed by atoms with Gasteiger partial charge in [0.25, 0.3) is 5.91 Å². The Labute approximate surface area is 103 Å². The zero-order chi connectivity index (χ0) is 12.4. The fourth-order valence-corrected chi connectivity index (χ4v) is 1.89. The molecule has 0 aliphatic carbocycles. The Kier molecular flexibility index (Phi) is 3.31.